The van der Waals surface area contributed by atoms with Crippen molar-refractivity contribution in [2.75, 3.05) is 26.3 Å². The van der Waals surface area contributed by atoms with Crippen LogP contribution in [0.5, 0.6) is 0 Å². The van der Waals surface area contributed by atoms with Crippen molar-refractivity contribution in [1.82, 2.24) is 4.90 Å². The molecule has 3 nitrogen and oxygen atoms in total. The summed E-state index contributed by atoms with van der Waals surface area (Å²) in [5, 5.41) is 0. The fraction of sp³-hybridized carbons (Fsp3) is 0.857. The molecule has 2 heterocycles. The first-order valence-corrected chi connectivity index (χ1v) is 6.85. The van der Waals surface area contributed by atoms with Gasteiger partial charge in [0.15, 0.2) is 5.88 Å². The Bertz CT molecular complexity index is 251. The highest BCUT2D eigenvalue weighted by atomic mass is 16.6. The topological polar surface area (TPSA) is 21.7 Å². The van der Waals surface area contributed by atoms with Gasteiger partial charge in [-0.2, -0.15) is 0 Å². The molecule has 2 rings (SSSR count). The zero-order chi connectivity index (χ0) is 12.3. The minimum absolute atomic E-state index is 0.227. The lowest BCUT2D eigenvalue weighted by molar-refractivity contribution is 0.0282. The van der Waals surface area contributed by atoms with Gasteiger partial charge in [-0.1, -0.05) is 13.8 Å². The zero-order valence-corrected chi connectivity index (χ0v) is 11.2. The Hall–Kier alpha value is -0.700. The van der Waals surface area contributed by atoms with Gasteiger partial charge in [0, 0.05) is 19.5 Å². The Morgan fingerprint density at radius 1 is 1.29 bits per heavy atom. The summed E-state index contributed by atoms with van der Waals surface area (Å²) >= 11 is 0. The molecule has 0 aromatic rings. The molecule has 3 heteroatoms. The fourth-order valence-corrected chi connectivity index (χ4v) is 2.69. The van der Waals surface area contributed by atoms with Gasteiger partial charge in [-0.15, -0.1) is 0 Å². The molecule has 2 aliphatic heterocycles. The lowest BCUT2D eigenvalue weighted by Gasteiger charge is -2.36. The van der Waals surface area contributed by atoms with Crippen LogP contribution in [-0.4, -0.2) is 37.3 Å². The number of hydrogen-bond donors (Lipinski definition) is 0. The summed E-state index contributed by atoms with van der Waals surface area (Å²) in [6.07, 6.45) is 3.76. The third kappa shape index (κ3) is 3.38. The molecule has 0 aromatic heterocycles. The summed E-state index contributed by atoms with van der Waals surface area (Å²) in [4.78, 5) is 2.29. The summed E-state index contributed by atoms with van der Waals surface area (Å²) < 4.78 is 11.2. The summed E-state index contributed by atoms with van der Waals surface area (Å²) in [5.74, 6) is 2.52. The molecule has 0 spiro atoms. The van der Waals surface area contributed by atoms with Gasteiger partial charge in [0.2, 0.25) is 0 Å². The van der Waals surface area contributed by atoms with E-state index in [0.29, 0.717) is 0 Å². The first-order chi connectivity index (χ1) is 8.16. The molecule has 0 saturated carbocycles. The van der Waals surface area contributed by atoms with Crippen LogP contribution in [0, 0.1) is 11.8 Å². The van der Waals surface area contributed by atoms with Gasteiger partial charge in [0.25, 0.3) is 0 Å². The predicted octanol–water partition coefficient (Wildman–Crippen LogP) is 2.63. The van der Waals surface area contributed by atoms with E-state index in [2.05, 4.69) is 25.3 Å². The molecule has 2 fully saturated rings. The monoisotopic (exact) mass is 239 g/mol. The van der Waals surface area contributed by atoms with Crippen LogP contribution in [0.25, 0.3) is 0 Å². The normalized spacial score (nSPS) is 26.5. The van der Waals surface area contributed by atoms with Crippen molar-refractivity contribution in [1.29, 1.82) is 0 Å². The highest BCUT2D eigenvalue weighted by molar-refractivity contribution is 4.89. The van der Waals surface area contributed by atoms with Crippen molar-refractivity contribution in [3.63, 3.8) is 0 Å². The van der Waals surface area contributed by atoms with E-state index >= 15 is 0 Å². The van der Waals surface area contributed by atoms with Crippen LogP contribution in [0.1, 0.15) is 33.1 Å². The van der Waals surface area contributed by atoms with E-state index < -0.39 is 0 Å². The molecule has 1 unspecified atom stereocenters. The second-order valence-corrected chi connectivity index (χ2v) is 5.57. The molecule has 17 heavy (non-hydrogen) atoms. The maximum absolute atomic E-state index is 5.85. The van der Waals surface area contributed by atoms with Crippen LogP contribution in [0.4, 0.5) is 0 Å². The minimum Gasteiger partial charge on any atom is -0.474 e. The van der Waals surface area contributed by atoms with Crippen LogP contribution in [-0.2, 0) is 9.47 Å². The van der Waals surface area contributed by atoms with Gasteiger partial charge >= 0.3 is 0 Å². The third-order valence-corrected chi connectivity index (χ3v) is 4.03. The Balaban J connectivity index is 1.74. The van der Waals surface area contributed by atoms with Crippen LogP contribution in [0.3, 0.4) is 0 Å². The highest BCUT2D eigenvalue weighted by Crippen LogP contribution is 2.27. The van der Waals surface area contributed by atoms with Crippen molar-refractivity contribution in [3.05, 3.63) is 12.5 Å². The van der Waals surface area contributed by atoms with Gasteiger partial charge in [0.1, 0.15) is 6.10 Å². The maximum Gasteiger partial charge on any atom is 0.182 e. The smallest absolute Gasteiger partial charge is 0.182 e. The minimum atomic E-state index is 0.227. The number of nitrogens with zero attached hydrogens (tertiary/aromatic N) is 1. The molecule has 1 atom stereocenters. The Kier molecular flexibility index (Phi) is 4.32. The highest BCUT2D eigenvalue weighted by Gasteiger charge is 2.25. The van der Waals surface area contributed by atoms with Crippen LogP contribution in [0.2, 0.25) is 0 Å². The number of ether oxygens (including phenoxy) is 2. The van der Waals surface area contributed by atoms with E-state index in [-0.39, 0.29) is 6.10 Å². The van der Waals surface area contributed by atoms with Gasteiger partial charge in [-0.25, -0.2) is 0 Å². The lowest BCUT2D eigenvalue weighted by Crippen LogP contribution is -2.36. The van der Waals surface area contributed by atoms with E-state index in [1.54, 1.807) is 0 Å². The second-order valence-electron chi connectivity index (χ2n) is 5.57. The fourth-order valence-electron chi connectivity index (χ4n) is 2.69. The molecular weight excluding hydrogens is 214 g/mol. The van der Waals surface area contributed by atoms with Gasteiger partial charge in [0.05, 0.1) is 13.2 Å². The number of piperidine rings is 1. The Morgan fingerprint density at radius 3 is 2.53 bits per heavy atom. The third-order valence-electron chi connectivity index (χ3n) is 4.03. The Labute approximate surface area is 105 Å². The number of hydrogen-bond acceptors (Lipinski definition) is 3. The number of likely N-dealkylation sites (tertiary alicyclic amines) is 1. The summed E-state index contributed by atoms with van der Waals surface area (Å²) in [5.41, 5.74) is 0. The Morgan fingerprint density at radius 2 is 2.00 bits per heavy atom. The average molecular weight is 239 g/mol. The quantitative estimate of drug-likeness (QED) is 0.704. The maximum atomic E-state index is 5.85. The molecule has 0 N–H and O–H groups in total. The van der Waals surface area contributed by atoms with Gasteiger partial charge < -0.3 is 14.4 Å². The molecular formula is C14H25NO2. The first kappa shape index (κ1) is 12.7. The van der Waals surface area contributed by atoms with E-state index in [9.17, 15) is 0 Å². The van der Waals surface area contributed by atoms with Crippen molar-refractivity contribution in [3.8, 4) is 0 Å². The van der Waals surface area contributed by atoms with E-state index in [1.807, 2.05) is 0 Å². The standard InChI is InChI=1S/C14H25NO2/c1-11(2)13-4-7-15(8-5-13)12(3)17-14-6-9-16-10-14/h11,13-14H,3-10H2,1-2H3. The first-order valence-electron chi connectivity index (χ1n) is 6.85. The van der Waals surface area contributed by atoms with Crippen molar-refractivity contribution >= 4 is 0 Å². The van der Waals surface area contributed by atoms with Gasteiger partial charge in [-0.3, -0.25) is 0 Å². The molecule has 2 saturated heterocycles. The SMILES string of the molecule is C=C(OC1CCOC1)N1CCC(C(C)C)CC1. The van der Waals surface area contributed by atoms with Crippen LogP contribution < -0.4 is 0 Å². The van der Waals surface area contributed by atoms with E-state index in [1.165, 1.54) is 12.8 Å². The average Bonchev–Trinajstić information content (AvgIpc) is 2.82. The number of rotatable bonds is 4. The van der Waals surface area contributed by atoms with Crippen molar-refractivity contribution in [2.24, 2.45) is 11.8 Å². The van der Waals surface area contributed by atoms with Crippen molar-refractivity contribution in [2.45, 2.75) is 39.2 Å². The van der Waals surface area contributed by atoms with Crippen LogP contribution in [0.15, 0.2) is 12.5 Å². The molecule has 0 bridgehead atoms. The zero-order valence-electron chi connectivity index (χ0n) is 11.2. The van der Waals surface area contributed by atoms with Crippen LogP contribution >= 0.6 is 0 Å². The summed E-state index contributed by atoms with van der Waals surface area (Å²) in [7, 11) is 0. The van der Waals surface area contributed by atoms with Gasteiger partial charge in [-0.05, 0) is 31.3 Å². The summed E-state index contributed by atoms with van der Waals surface area (Å²) in [6.45, 7) is 12.4. The predicted molar refractivity (Wildman–Crippen MR) is 68.6 cm³/mol. The molecule has 2 aliphatic rings. The molecule has 0 radical (unpaired) electrons. The molecule has 0 aromatic carbocycles. The van der Waals surface area contributed by atoms with Crippen molar-refractivity contribution < 1.29 is 9.47 Å². The lowest BCUT2D eigenvalue weighted by atomic mass is 9.87. The largest absolute Gasteiger partial charge is 0.474 e. The molecule has 0 amide bonds. The second kappa shape index (κ2) is 5.76. The molecule has 0 aliphatic carbocycles. The van der Waals surface area contributed by atoms with E-state index in [0.717, 1.165) is 50.4 Å². The summed E-state index contributed by atoms with van der Waals surface area (Å²) in [6, 6.07) is 0. The molecule has 98 valence electrons. The van der Waals surface area contributed by atoms with E-state index in [4.69, 9.17) is 9.47 Å².